The maximum absolute atomic E-state index is 11.4. The Morgan fingerprint density at radius 1 is 0.677 bits per heavy atom. The molecule has 4 saturated carbocycles. The van der Waals surface area contributed by atoms with Gasteiger partial charge in [0.25, 0.3) is 0 Å². The predicted octanol–water partition coefficient (Wildman–Crippen LogP) is 6.97. The lowest BCUT2D eigenvalue weighted by Crippen LogP contribution is -2.21. The SMILES string of the molecule is Cc1cc(Cc2cc(C)cc(C34CCC(CC3)C4)c2O)c(O)c(C23CCC(CC2)C3)c1. The van der Waals surface area contributed by atoms with Gasteiger partial charge in [-0.25, -0.2) is 0 Å². The van der Waals surface area contributed by atoms with Crippen LogP contribution in [0.15, 0.2) is 24.3 Å². The molecular weight excluding hydrogens is 380 g/mol. The molecule has 4 fully saturated rings. The maximum atomic E-state index is 11.4. The molecule has 0 amide bonds. The number of hydrogen-bond acceptors (Lipinski definition) is 2. The molecule has 4 aliphatic rings. The van der Waals surface area contributed by atoms with Crippen LogP contribution in [0.25, 0.3) is 0 Å². The number of aryl methyl sites for hydroxylation is 2. The lowest BCUT2D eigenvalue weighted by atomic mass is 9.75. The summed E-state index contributed by atoms with van der Waals surface area (Å²) in [5.74, 6) is 2.70. The Morgan fingerprint density at radius 2 is 1.06 bits per heavy atom. The van der Waals surface area contributed by atoms with E-state index in [-0.39, 0.29) is 10.8 Å². The summed E-state index contributed by atoms with van der Waals surface area (Å²) in [4.78, 5) is 0. The Kier molecular flexibility index (Phi) is 4.30. The van der Waals surface area contributed by atoms with E-state index in [1.165, 1.54) is 86.5 Å². The topological polar surface area (TPSA) is 40.5 Å². The molecule has 0 aliphatic heterocycles. The summed E-state index contributed by atoms with van der Waals surface area (Å²) >= 11 is 0. The number of aromatic hydroxyl groups is 2. The Morgan fingerprint density at radius 3 is 1.39 bits per heavy atom. The van der Waals surface area contributed by atoms with Crippen molar-refractivity contribution in [1.82, 2.24) is 0 Å². The summed E-state index contributed by atoms with van der Waals surface area (Å²) in [7, 11) is 0. The third kappa shape index (κ3) is 2.97. The largest absolute Gasteiger partial charge is 0.507 e. The minimum absolute atomic E-state index is 0.191. The number of phenolic OH excluding ortho intramolecular Hbond substituents is 2. The van der Waals surface area contributed by atoms with Crippen LogP contribution in [0, 0.1) is 25.7 Å². The maximum Gasteiger partial charge on any atom is 0.122 e. The van der Waals surface area contributed by atoms with Crippen molar-refractivity contribution >= 4 is 0 Å². The van der Waals surface area contributed by atoms with E-state index in [4.69, 9.17) is 0 Å². The fourth-order valence-corrected chi connectivity index (χ4v) is 8.13. The molecule has 0 radical (unpaired) electrons. The lowest BCUT2D eigenvalue weighted by molar-refractivity contribution is 0.384. The molecule has 0 spiro atoms. The van der Waals surface area contributed by atoms with Crippen molar-refractivity contribution in [2.24, 2.45) is 11.8 Å². The van der Waals surface area contributed by atoms with Crippen LogP contribution in [0.2, 0.25) is 0 Å². The molecule has 2 heteroatoms. The molecule has 31 heavy (non-hydrogen) atoms. The van der Waals surface area contributed by atoms with Gasteiger partial charge < -0.3 is 10.2 Å². The van der Waals surface area contributed by atoms with Gasteiger partial charge >= 0.3 is 0 Å². The van der Waals surface area contributed by atoms with Gasteiger partial charge in [0.15, 0.2) is 0 Å². The Hall–Kier alpha value is -1.96. The van der Waals surface area contributed by atoms with Crippen molar-refractivity contribution in [3.8, 4) is 11.5 Å². The first kappa shape index (κ1) is 19.7. The molecule has 4 bridgehead atoms. The first-order valence-electron chi connectivity index (χ1n) is 12.5. The highest BCUT2D eigenvalue weighted by atomic mass is 16.3. The van der Waals surface area contributed by atoms with Crippen LogP contribution >= 0.6 is 0 Å². The van der Waals surface area contributed by atoms with E-state index in [9.17, 15) is 10.2 Å². The normalized spacial score (nSPS) is 33.5. The number of rotatable bonds is 4. The molecule has 2 aromatic carbocycles. The number of fused-ring (bicyclic) bond motifs is 4. The van der Waals surface area contributed by atoms with E-state index < -0.39 is 0 Å². The number of phenols is 2. The zero-order chi connectivity index (χ0) is 21.4. The van der Waals surface area contributed by atoms with Gasteiger partial charge in [-0.15, -0.1) is 0 Å². The van der Waals surface area contributed by atoms with Gasteiger partial charge in [0.2, 0.25) is 0 Å². The summed E-state index contributed by atoms with van der Waals surface area (Å²) in [6.07, 6.45) is 13.2. The summed E-state index contributed by atoms with van der Waals surface area (Å²) in [5, 5.41) is 22.8. The first-order valence-corrected chi connectivity index (χ1v) is 12.5. The Bertz CT molecular complexity index is 950. The molecule has 0 aromatic heterocycles. The molecule has 164 valence electrons. The second-order valence-corrected chi connectivity index (χ2v) is 11.7. The van der Waals surface area contributed by atoms with Crippen molar-refractivity contribution in [2.75, 3.05) is 0 Å². The molecule has 4 aliphatic carbocycles. The second kappa shape index (κ2) is 6.77. The van der Waals surface area contributed by atoms with E-state index in [0.29, 0.717) is 17.9 Å². The third-order valence-corrected chi connectivity index (χ3v) is 9.67. The van der Waals surface area contributed by atoms with Crippen LogP contribution in [0.3, 0.4) is 0 Å². The predicted molar refractivity (Wildman–Crippen MR) is 125 cm³/mol. The molecule has 6 rings (SSSR count). The first-order chi connectivity index (χ1) is 14.9. The van der Waals surface area contributed by atoms with E-state index in [1.54, 1.807) is 0 Å². The van der Waals surface area contributed by atoms with Gasteiger partial charge in [-0.3, -0.25) is 0 Å². The van der Waals surface area contributed by atoms with Crippen LogP contribution in [-0.4, -0.2) is 10.2 Å². The van der Waals surface area contributed by atoms with Crippen LogP contribution in [0.5, 0.6) is 11.5 Å². The quantitative estimate of drug-likeness (QED) is 0.565. The van der Waals surface area contributed by atoms with E-state index >= 15 is 0 Å². The van der Waals surface area contributed by atoms with Crippen LogP contribution in [0.1, 0.15) is 97.6 Å². The van der Waals surface area contributed by atoms with Crippen molar-refractivity contribution in [1.29, 1.82) is 0 Å². The summed E-state index contributed by atoms with van der Waals surface area (Å²) in [6, 6.07) is 8.75. The minimum atomic E-state index is 0.191. The molecule has 2 N–H and O–H groups in total. The lowest BCUT2D eigenvalue weighted by Gasteiger charge is -2.30. The summed E-state index contributed by atoms with van der Waals surface area (Å²) in [6.45, 7) is 4.31. The zero-order valence-electron chi connectivity index (χ0n) is 19.1. The number of benzene rings is 2. The summed E-state index contributed by atoms with van der Waals surface area (Å²) in [5.41, 5.74) is 7.18. The van der Waals surface area contributed by atoms with Gasteiger partial charge in [-0.05, 0) is 112 Å². The van der Waals surface area contributed by atoms with Crippen molar-refractivity contribution in [3.63, 3.8) is 0 Å². The molecule has 0 heterocycles. The highest BCUT2D eigenvalue weighted by Crippen LogP contribution is 2.59. The van der Waals surface area contributed by atoms with Gasteiger partial charge in [0.05, 0.1) is 0 Å². The highest BCUT2D eigenvalue weighted by molar-refractivity contribution is 5.54. The van der Waals surface area contributed by atoms with Crippen LogP contribution in [0.4, 0.5) is 0 Å². The van der Waals surface area contributed by atoms with Crippen LogP contribution < -0.4 is 0 Å². The van der Waals surface area contributed by atoms with Gasteiger partial charge in [0, 0.05) is 17.5 Å². The minimum Gasteiger partial charge on any atom is -0.507 e. The fraction of sp³-hybridized carbons (Fsp3) is 0.586. The zero-order valence-corrected chi connectivity index (χ0v) is 19.1. The standard InChI is InChI=1S/C29H36O2/c1-18-11-22(26(30)24(13-18)28-7-3-20(16-28)4-8-28)15-23-12-19(2)14-25(27(23)31)29-9-5-21(17-29)6-10-29/h11-14,20-21,30-31H,3-10,15-17H2,1-2H3. The molecular formula is C29H36O2. The highest BCUT2D eigenvalue weighted by Gasteiger charge is 2.48. The Labute approximate surface area is 186 Å². The smallest absolute Gasteiger partial charge is 0.122 e. The van der Waals surface area contributed by atoms with Crippen molar-refractivity contribution in [2.45, 2.75) is 95.3 Å². The molecule has 2 aromatic rings. The van der Waals surface area contributed by atoms with Crippen molar-refractivity contribution in [3.05, 3.63) is 57.6 Å². The average molecular weight is 417 g/mol. The van der Waals surface area contributed by atoms with E-state index in [2.05, 4.69) is 38.1 Å². The van der Waals surface area contributed by atoms with Gasteiger partial charge in [0.1, 0.15) is 11.5 Å². The molecule has 0 unspecified atom stereocenters. The van der Waals surface area contributed by atoms with Gasteiger partial charge in [-0.2, -0.15) is 0 Å². The van der Waals surface area contributed by atoms with Gasteiger partial charge in [-0.1, -0.05) is 35.4 Å². The fourth-order valence-electron chi connectivity index (χ4n) is 8.13. The summed E-state index contributed by atoms with van der Waals surface area (Å²) < 4.78 is 0. The molecule has 0 atom stereocenters. The number of hydrogen-bond donors (Lipinski definition) is 2. The molecule has 2 nitrogen and oxygen atoms in total. The second-order valence-electron chi connectivity index (χ2n) is 11.7. The molecule has 0 saturated heterocycles. The third-order valence-electron chi connectivity index (χ3n) is 9.67. The van der Waals surface area contributed by atoms with E-state index in [1.807, 2.05) is 0 Å². The Balaban J connectivity index is 1.40. The van der Waals surface area contributed by atoms with Crippen LogP contribution in [-0.2, 0) is 17.3 Å². The van der Waals surface area contributed by atoms with Crippen molar-refractivity contribution < 1.29 is 10.2 Å². The van der Waals surface area contributed by atoms with E-state index in [0.717, 1.165) is 23.0 Å². The monoisotopic (exact) mass is 416 g/mol. The average Bonchev–Trinajstić information content (AvgIpc) is 3.54.